The Hall–Kier alpha value is -2.11. The van der Waals surface area contributed by atoms with Crippen molar-refractivity contribution < 1.29 is 14.2 Å². The summed E-state index contributed by atoms with van der Waals surface area (Å²) in [5, 5.41) is 0. The second kappa shape index (κ2) is 8.52. The molecule has 0 N–H and O–H groups in total. The number of nitrogens with zero attached hydrogens (tertiary/aromatic N) is 1. The second-order valence-corrected chi connectivity index (χ2v) is 6.69. The van der Waals surface area contributed by atoms with E-state index in [2.05, 4.69) is 31.2 Å². The number of hydrogen-bond donors (Lipinski definition) is 0. The van der Waals surface area contributed by atoms with Crippen LogP contribution in [0.3, 0.4) is 0 Å². The van der Waals surface area contributed by atoms with E-state index in [0.717, 1.165) is 17.7 Å². The average Bonchev–Trinajstić information content (AvgIpc) is 2.66. The van der Waals surface area contributed by atoms with Crippen LogP contribution in [0, 0.1) is 6.92 Å². The summed E-state index contributed by atoms with van der Waals surface area (Å²) in [6, 6.07) is 11.9. The van der Waals surface area contributed by atoms with Gasteiger partial charge in [0.15, 0.2) is 0 Å². The smallest absolute Gasteiger partial charge is 0.254 e. The van der Waals surface area contributed by atoms with Gasteiger partial charge in [-0.05, 0) is 37.5 Å². The van der Waals surface area contributed by atoms with Crippen LogP contribution >= 0.6 is 0 Å². The van der Waals surface area contributed by atoms with E-state index in [0.29, 0.717) is 32.2 Å². The molecular weight excluding hydrogens is 330 g/mol. The molecule has 140 valence electrons. The van der Waals surface area contributed by atoms with Gasteiger partial charge in [-0.3, -0.25) is 4.79 Å². The lowest BCUT2D eigenvalue weighted by molar-refractivity contribution is -0.101. The lowest BCUT2D eigenvalue weighted by atomic mass is 10.0. The number of aryl methyl sites for hydroxylation is 2. The largest absolute Gasteiger partial charge is 0.491 e. The van der Waals surface area contributed by atoms with Gasteiger partial charge >= 0.3 is 0 Å². The minimum absolute atomic E-state index is 0.0301. The molecule has 2 atom stereocenters. The summed E-state index contributed by atoms with van der Waals surface area (Å²) in [4.78, 5) is 12.7. The standard InChI is InChI=1S/C21H27NO4/c1-4-17-5-7-18(8-6-17)16(3)22-15(2)11-19(12-21(22)23)26-14-20-13-24-9-10-25-20/h5-8,11-12,16,20H,4,9-10,13-14H2,1-3H3. The molecule has 0 aliphatic carbocycles. The molecule has 3 rings (SSSR count). The molecule has 0 spiro atoms. The van der Waals surface area contributed by atoms with Gasteiger partial charge in [0.05, 0.1) is 25.9 Å². The van der Waals surface area contributed by atoms with Crippen molar-refractivity contribution in [1.29, 1.82) is 0 Å². The van der Waals surface area contributed by atoms with E-state index in [9.17, 15) is 4.79 Å². The molecule has 1 aromatic heterocycles. The molecular formula is C21H27NO4. The van der Waals surface area contributed by atoms with Crippen LogP contribution < -0.4 is 10.3 Å². The third-order valence-electron chi connectivity index (χ3n) is 4.81. The van der Waals surface area contributed by atoms with Crippen LogP contribution in [0.5, 0.6) is 5.75 Å². The number of ether oxygens (including phenoxy) is 3. The molecule has 2 aromatic rings. The summed E-state index contributed by atoms with van der Waals surface area (Å²) in [6.07, 6.45) is 0.928. The minimum Gasteiger partial charge on any atom is -0.491 e. The second-order valence-electron chi connectivity index (χ2n) is 6.69. The zero-order chi connectivity index (χ0) is 18.5. The van der Waals surface area contributed by atoms with Gasteiger partial charge in [-0.15, -0.1) is 0 Å². The normalized spacial score (nSPS) is 18.5. The molecule has 0 amide bonds. The lowest BCUT2D eigenvalue weighted by Crippen LogP contribution is -2.33. The van der Waals surface area contributed by atoms with Crippen molar-refractivity contribution in [1.82, 2.24) is 4.57 Å². The Balaban J connectivity index is 1.74. The Kier molecular flexibility index (Phi) is 6.12. The molecule has 26 heavy (non-hydrogen) atoms. The topological polar surface area (TPSA) is 49.7 Å². The van der Waals surface area contributed by atoms with Gasteiger partial charge in [-0.2, -0.15) is 0 Å². The Labute approximate surface area is 154 Å². The molecule has 0 saturated carbocycles. The molecule has 0 radical (unpaired) electrons. The molecule has 0 bridgehead atoms. The molecule has 1 fully saturated rings. The molecule has 1 aliphatic rings. The van der Waals surface area contributed by atoms with Crippen molar-refractivity contribution in [2.75, 3.05) is 26.4 Å². The van der Waals surface area contributed by atoms with E-state index in [1.54, 1.807) is 10.6 Å². The van der Waals surface area contributed by atoms with Crippen LogP contribution in [0.4, 0.5) is 0 Å². The van der Waals surface area contributed by atoms with E-state index >= 15 is 0 Å². The first-order valence-corrected chi connectivity index (χ1v) is 9.22. The lowest BCUT2D eigenvalue weighted by Gasteiger charge is -2.23. The summed E-state index contributed by atoms with van der Waals surface area (Å²) in [5.41, 5.74) is 3.23. The van der Waals surface area contributed by atoms with E-state index in [-0.39, 0.29) is 17.7 Å². The van der Waals surface area contributed by atoms with Gasteiger partial charge in [0, 0.05) is 11.8 Å². The van der Waals surface area contributed by atoms with E-state index in [4.69, 9.17) is 14.2 Å². The predicted molar refractivity (Wildman–Crippen MR) is 101 cm³/mol. The van der Waals surface area contributed by atoms with E-state index in [1.807, 2.05) is 19.9 Å². The van der Waals surface area contributed by atoms with Crippen LogP contribution in [0.2, 0.25) is 0 Å². The number of rotatable bonds is 6. The maximum absolute atomic E-state index is 12.7. The third-order valence-corrected chi connectivity index (χ3v) is 4.81. The SMILES string of the molecule is CCc1ccc(C(C)n2c(C)cc(OCC3COCCO3)cc2=O)cc1. The van der Waals surface area contributed by atoms with Crippen molar-refractivity contribution in [3.05, 3.63) is 63.6 Å². The van der Waals surface area contributed by atoms with Crippen LogP contribution in [-0.4, -0.2) is 37.1 Å². The first-order chi connectivity index (χ1) is 12.6. The van der Waals surface area contributed by atoms with Crippen LogP contribution in [0.1, 0.15) is 36.7 Å². The van der Waals surface area contributed by atoms with Crippen LogP contribution in [-0.2, 0) is 15.9 Å². The molecule has 1 saturated heterocycles. The van der Waals surface area contributed by atoms with Crippen molar-refractivity contribution in [2.45, 2.75) is 39.3 Å². The monoisotopic (exact) mass is 357 g/mol. The Bertz CT molecular complexity index is 776. The number of hydrogen-bond acceptors (Lipinski definition) is 4. The Morgan fingerprint density at radius 2 is 2.00 bits per heavy atom. The summed E-state index contributed by atoms with van der Waals surface area (Å²) in [7, 11) is 0. The van der Waals surface area contributed by atoms with Gasteiger partial charge in [0.1, 0.15) is 18.5 Å². The zero-order valence-electron chi connectivity index (χ0n) is 15.7. The summed E-state index contributed by atoms with van der Waals surface area (Å²) < 4.78 is 18.5. The molecule has 1 aromatic carbocycles. The highest BCUT2D eigenvalue weighted by Gasteiger charge is 2.17. The summed E-state index contributed by atoms with van der Waals surface area (Å²) in [6.45, 7) is 8.24. The summed E-state index contributed by atoms with van der Waals surface area (Å²) in [5.74, 6) is 0.575. The molecule has 5 heteroatoms. The number of aromatic nitrogens is 1. The fraction of sp³-hybridized carbons (Fsp3) is 0.476. The van der Waals surface area contributed by atoms with Crippen molar-refractivity contribution in [2.24, 2.45) is 0 Å². The Morgan fingerprint density at radius 1 is 1.23 bits per heavy atom. The molecule has 1 aliphatic heterocycles. The molecule has 5 nitrogen and oxygen atoms in total. The van der Waals surface area contributed by atoms with E-state index in [1.165, 1.54) is 5.56 Å². The fourth-order valence-electron chi connectivity index (χ4n) is 3.26. The molecule has 2 heterocycles. The highest BCUT2D eigenvalue weighted by Crippen LogP contribution is 2.21. The van der Waals surface area contributed by atoms with Gasteiger partial charge in [-0.25, -0.2) is 0 Å². The highest BCUT2D eigenvalue weighted by atomic mass is 16.6. The minimum atomic E-state index is -0.0810. The summed E-state index contributed by atoms with van der Waals surface area (Å²) >= 11 is 0. The Morgan fingerprint density at radius 3 is 2.62 bits per heavy atom. The third kappa shape index (κ3) is 4.34. The maximum Gasteiger partial charge on any atom is 0.254 e. The van der Waals surface area contributed by atoms with Gasteiger partial charge in [0.25, 0.3) is 5.56 Å². The van der Waals surface area contributed by atoms with Crippen molar-refractivity contribution in [3.8, 4) is 5.75 Å². The highest BCUT2D eigenvalue weighted by molar-refractivity contribution is 5.29. The maximum atomic E-state index is 12.7. The van der Waals surface area contributed by atoms with Crippen molar-refractivity contribution in [3.63, 3.8) is 0 Å². The van der Waals surface area contributed by atoms with Crippen LogP contribution in [0.25, 0.3) is 0 Å². The van der Waals surface area contributed by atoms with E-state index < -0.39 is 0 Å². The van der Waals surface area contributed by atoms with Crippen molar-refractivity contribution >= 4 is 0 Å². The fourth-order valence-corrected chi connectivity index (χ4v) is 3.26. The van der Waals surface area contributed by atoms with Gasteiger partial charge < -0.3 is 18.8 Å². The first-order valence-electron chi connectivity index (χ1n) is 9.22. The average molecular weight is 357 g/mol. The number of benzene rings is 1. The van der Waals surface area contributed by atoms with Crippen LogP contribution in [0.15, 0.2) is 41.2 Å². The van der Waals surface area contributed by atoms with Gasteiger partial charge in [-0.1, -0.05) is 31.2 Å². The quantitative estimate of drug-likeness (QED) is 0.797. The number of pyridine rings is 1. The zero-order valence-corrected chi connectivity index (χ0v) is 15.7. The first kappa shape index (κ1) is 18.7. The van der Waals surface area contributed by atoms with Gasteiger partial charge in [0.2, 0.25) is 0 Å². The molecule has 2 unspecified atom stereocenters. The predicted octanol–water partition coefficient (Wildman–Crippen LogP) is 3.12.